The second-order valence-corrected chi connectivity index (χ2v) is 7.43. The maximum absolute atomic E-state index is 12.9. The predicted molar refractivity (Wildman–Crippen MR) is 109 cm³/mol. The third-order valence-electron chi connectivity index (χ3n) is 5.48. The zero-order valence-electron chi connectivity index (χ0n) is 16.6. The number of ether oxygens (including phenoxy) is 1. The Kier molecular flexibility index (Phi) is 5.43. The molecule has 0 aliphatic carbocycles. The predicted octanol–water partition coefficient (Wildman–Crippen LogP) is 1.89. The molecule has 7 nitrogen and oxygen atoms in total. The molecule has 2 saturated heterocycles. The summed E-state index contributed by atoms with van der Waals surface area (Å²) in [5.41, 5.74) is 3.02. The van der Waals surface area contributed by atoms with Crippen molar-refractivity contribution < 1.29 is 9.53 Å². The van der Waals surface area contributed by atoms with Crippen LogP contribution < -0.4 is 9.80 Å². The smallest absolute Gasteiger partial charge is 0.254 e. The number of hydrogen-bond acceptors (Lipinski definition) is 6. The first kappa shape index (κ1) is 18.7. The number of aryl methyl sites for hydroxylation is 2. The highest BCUT2D eigenvalue weighted by molar-refractivity contribution is 5.95. The number of benzene rings is 1. The Morgan fingerprint density at radius 2 is 1.54 bits per heavy atom. The topological polar surface area (TPSA) is 61.8 Å². The largest absolute Gasteiger partial charge is 0.378 e. The normalized spacial score (nSPS) is 17.7. The number of carbonyl (C=O) groups is 1. The van der Waals surface area contributed by atoms with Crippen LogP contribution in [0.25, 0.3) is 0 Å². The Labute approximate surface area is 165 Å². The summed E-state index contributed by atoms with van der Waals surface area (Å²) < 4.78 is 5.42. The van der Waals surface area contributed by atoms with Crippen LogP contribution in [-0.2, 0) is 4.74 Å². The van der Waals surface area contributed by atoms with Gasteiger partial charge >= 0.3 is 0 Å². The summed E-state index contributed by atoms with van der Waals surface area (Å²) in [6.45, 7) is 10.2. The fourth-order valence-electron chi connectivity index (χ4n) is 3.84. The molecule has 3 heterocycles. The SMILES string of the molecule is Cc1ccc(C(=O)N2CCN(c3cc(N4CCOCC4)ncn3)CC2)c(C)c1. The van der Waals surface area contributed by atoms with E-state index in [9.17, 15) is 4.79 Å². The molecule has 0 unspecified atom stereocenters. The van der Waals surface area contributed by atoms with E-state index in [2.05, 4.69) is 25.8 Å². The zero-order chi connectivity index (χ0) is 19.5. The summed E-state index contributed by atoms with van der Waals surface area (Å²) in [7, 11) is 0. The summed E-state index contributed by atoms with van der Waals surface area (Å²) >= 11 is 0. The molecule has 1 amide bonds. The lowest BCUT2D eigenvalue weighted by atomic mass is 10.0. The first-order valence-electron chi connectivity index (χ1n) is 9.88. The summed E-state index contributed by atoms with van der Waals surface area (Å²) in [6, 6.07) is 8.06. The van der Waals surface area contributed by atoms with Crippen molar-refractivity contribution in [2.24, 2.45) is 0 Å². The second-order valence-electron chi connectivity index (χ2n) is 7.43. The number of hydrogen-bond donors (Lipinski definition) is 0. The van der Waals surface area contributed by atoms with Crippen LogP contribution in [0.2, 0.25) is 0 Å². The average molecular weight is 381 g/mol. The molecule has 0 bridgehead atoms. The van der Waals surface area contributed by atoms with Crippen molar-refractivity contribution in [3.63, 3.8) is 0 Å². The van der Waals surface area contributed by atoms with Crippen LogP contribution in [0.1, 0.15) is 21.5 Å². The second kappa shape index (κ2) is 8.14. The Hall–Kier alpha value is -2.67. The molecular formula is C21H27N5O2. The van der Waals surface area contributed by atoms with Crippen molar-refractivity contribution in [2.75, 3.05) is 62.3 Å². The van der Waals surface area contributed by atoms with E-state index < -0.39 is 0 Å². The van der Waals surface area contributed by atoms with Crippen molar-refractivity contribution in [3.05, 3.63) is 47.3 Å². The molecule has 2 fully saturated rings. The van der Waals surface area contributed by atoms with Crippen molar-refractivity contribution in [1.82, 2.24) is 14.9 Å². The van der Waals surface area contributed by atoms with E-state index in [4.69, 9.17) is 4.74 Å². The summed E-state index contributed by atoms with van der Waals surface area (Å²) in [4.78, 5) is 28.2. The molecule has 0 radical (unpaired) electrons. The Morgan fingerprint density at radius 3 is 2.18 bits per heavy atom. The fourth-order valence-corrected chi connectivity index (χ4v) is 3.84. The monoisotopic (exact) mass is 381 g/mol. The number of amides is 1. The minimum Gasteiger partial charge on any atom is -0.378 e. The van der Waals surface area contributed by atoms with Gasteiger partial charge in [-0.05, 0) is 25.5 Å². The van der Waals surface area contributed by atoms with Crippen LogP contribution in [-0.4, -0.2) is 73.3 Å². The highest BCUT2D eigenvalue weighted by atomic mass is 16.5. The van der Waals surface area contributed by atoms with E-state index in [1.54, 1.807) is 6.33 Å². The molecule has 0 spiro atoms. The molecule has 0 saturated carbocycles. The lowest BCUT2D eigenvalue weighted by molar-refractivity contribution is 0.0746. The fraction of sp³-hybridized carbons (Fsp3) is 0.476. The number of morpholine rings is 1. The van der Waals surface area contributed by atoms with Gasteiger partial charge in [0.2, 0.25) is 0 Å². The van der Waals surface area contributed by atoms with Crippen molar-refractivity contribution in [3.8, 4) is 0 Å². The molecule has 7 heteroatoms. The molecule has 4 rings (SSSR count). The maximum atomic E-state index is 12.9. The quantitative estimate of drug-likeness (QED) is 0.809. The highest BCUT2D eigenvalue weighted by Gasteiger charge is 2.24. The first-order chi connectivity index (χ1) is 13.6. The molecule has 2 aliphatic heterocycles. The molecule has 148 valence electrons. The number of anilines is 2. The maximum Gasteiger partial charge on any atom is 0.254 e. The molecule has 0 atom stereocenters. The molecule has 1 aromatic heterocycles. The van der Waals surface area contributed by atoms with Gasteiger partial charge in [-0.15, -0.1) is 0 Å². The van der Waals surface area contributed by atoms with Crippen molar-refractivity contribution in [2.45, 2.75) is 13.8 Å². The molecule has 0 N–H and O–H groups in total. The Morgan fingerprint density at radius 1 is 0.893 bits per heavy atom. The Balaban J connectivity index is 1.40. The van der Waals surface area contributed by atoms with Gasteiger partial charge in [-0.2, -0.15) is 0 Å². The molecule has 2 aromatic rings. The van der Waals surface area contributed by atoms with E-state index in [-0.39, 0.29) is 5.91 Å². The van der Waals surface area contributed by atoms with Gasteiger partial charge in [0.15, 0.2) is 0 Å². The van der Waals surface area contributed by atoms with Gasteiger partial charge in [-0.1, -0.05) is 17.7 Å². The summed E-state index contributed by atoms with van der Waals surface area (Å²) in [5, 5.41) is 0. The first-order valence-corrected chi connectivity index (χ1v) is 9.88. The van der Waals surface area contributed by atoms with Gasteiger partial charge in [0.25, 0.3) is 5.91 Å². The minimum atomic E-state index is 0.119. The lowest BCUT2D eigenvalue weighted by Gasteiger charge is -2.36. The van der Waals surface area contributed by atoms with E-state index in [1.165, 1.54) is 5.56 Å². The number of nitrogens with zero attached hydrogens (tertiary/aromatic N) is 5. The van der Waals surface area contributed by atoms with E-state index in [0.717, 1.165) is 62.2 Å². The molecular weight excluding hydrogens is 354 g/mol. The van der Waals surface area contributed by atoms with Crippen LogP contribution in [0, 0.1) is 13.8 Å². The number of piperazine rings is 1. The van der Waals surface area contributed by atoms with Gasteiger partial charge in [-0.3, -0.25) is 4.79 Å². The number of rotatable bonds is 3. The zero-order valence-corrected chi connectivity index (χ0v) is 16.6. The standard InChI is InChI=1S/C21H27N5O2/c1-16-3-4-18(17(2)13-16)21(27)26-7-5-24(6-8-26)19-14-20(23-15-22-19)25-9-11-28-12-10-25/h3-4,13-15H,5-12H2,1-2H3. The van der Waals surface area contributed by atoms with Gasteiger partial charge in [-0.25, -0.2) is 9.97 Å². The summed E-state index contributed by atoms with van der Waals surface area (Å²) in [5.74, 6) is 1.99. The van der Waals surface area contributed by atoms with E-state index >= 15 is 0 Å². The number of aromatic nitrogens is 2. The van der Waals surface area contributed by atoms with E-state index in [1.807, 2.05) is 36.9 Å². The minimum absolute atomic E-state index is 0.119. The molecule has 28 heavy (non-hydrogen) atoms. The molecule has 1 aromatic carbocycles. The van der Waals surface area contributed by atoms with Crippen molar-refractivity contribution >= 4 is 17.5 Å². The highest BCUT2D eigenvalue weighted by Crippen LogP contribution is 2.21. The van der Waals surface area contributed by atoms with Gasteiger partial charge in [0, 0.05) is 50.9 Å². The molecule has 2 aliphatic rings. The van der Waals surface area contributed by atoms with Gasteiger partial charge in [0.05, 0.1) is 13.2 Å². The summed E-state index contributed by atoms with van der Waals surface area (Å²) in [6.07, 6.45) is 1.63. The van der Waals surface area contributed by atoms with E-state index in [0.29, 0.717) is 13.1 Å². The van der Waals surface area contributed by atoms with Gasteiger partial charge < -0.3 is 19.4 Å². The van der Waals surface area contributed by atoms with Crippen LogP contribution >= 0.6 is 0 Å². The Bertz CT molecular complexity index is 842. The van der Waals surface area contributed by atoms with Crippen LogP contribution in [0.15, 0.2) is 30.6 Å². The third-order valence-corrected chi connectivity index (χ3v) is 5.48. The van der Waals surface area contributed by atoms with Crippen LogP contribution in [0.3, 0.4) is 0 Å². The lowest BCUT2D eigenvalue weighted by Crippen LogP contribution is -2.49. The van der Waals surface area contributed by atoms with Crippen LogP contribution in [0.5, 0.6) is 0 Å². The van der Waals surface area contributed by atoms with Gasteiger partial charge in [0.1, 0.15) is 18.0 Å². The third kappa shape index (κ3) is 3.94. The number of carbonyl (C=O) groups excluding carboxylic acids is 1. The van der Waals surface area contributed by atoms with Crippen LogP contribution in [0.4, 0.5) is 11.6 Å². The average Bonchev–Trinajstić information content (AvgIpc) is 2.74. The van der Waals surface area contributed by atoms with Crippen molar-refractivity contribution in [1.29, 1.82) is 0 Å².